The minimum atomic E-state index is -4.60. The smallest absolute Gasteiger partial charge is 0.416 e. The Labute approximate surface area is 222 Å². The Hall–Kier alpha value is -5.21. The molecule has 2 aromatic carbocycles. The number of anilines is 4. The molecule has 12 nitrogen and oxygen atoms in total. The number of methoxy groups -OCH3 is 2. The molecule has 0 saturated carbocycles. The van der Waals surface area contributed by atoms with Crippen LogP contribution in [0.15, 0.2) is 47.3 Å². The van der Waals surface area contributed by atoms with Crippen LogP contribution in [0.3, 0.4) is 0 Å². The predicted molar refractivity (Wildman–Crippen MR) is 133 cm³/mol. The lowest BCUT2D eigenvalue weighted by molar-refractivity contribution is -0.137. The summed E-state index contributed by atoms with van der Waals surface area (Å²) in [5.74, 6) is -4.98. The van der Waals surface area contributed by atoms with Gasteiger partial charge in [0.2, 0.25) is 17.8 Å². The highest BCUT2D eigenvalue weighted by Crippen LogP contribution is 2.33. The normalized spacial score (nSPS) is 14.4. The Balaban J connectivity index is 1.65. The fourth-order valence-electron chi connectivity index (χ4n) is 3.97. The summed E-state index contributed by atoms with van der Waals surface area (Å²) in [6.07, 6.45) is -5.04. The molecule has 40 heavy (non-hydrogen) atoms. The second kappa shape index (κ2) is 10.9. The van der Waals surface area contributed by atoms with Crippen molar-refractivity contribution in [3.8, 4) is 0 Å². The zero-order chi connectivity index (χ0) is 29.2. The van der Waals surface area contributed by atoms with Crippen LogP contribution in [-0.2, 0) is 25.2 Å². The predicted octanol–water partition coefficient (Wildman–Crippen LogP) is 3.17. The topological polar surface area (TPSA) is 169 Å². The molecule has 0 fully saturated rings. The third kappa shape index (κ3) is 5.92. The van der Waals surface area contributed by atoms with Crippen LogP contribution in [0, 0.1) is 0 Å². The highest BCUT2D eigenvalue weighted by Gasteiger charge is 2.35. The number of amides is 2. The van der Waals surface area contributed by atoms with Crippen LogP contribution in [0.25, 0.3) is 0 Å². The van der Waals surface area contributed by atoms with E-state index in [1.54, 1.807) is 0 Å². The summed E-state index contributed by atoms with van der Waals surface area (Å²) in [5, 5.41) is 7.40. The van der Waals surface area contributed by atoms with Gasteiger partial charge < -0.3 is 25.4 Å². The van der Waals surface area contributed by atoms with Crippen molar-refractivity contribution in [2.45, 2.75) is 18.5 Å². The molecule has 3 aromatic rings. The van der Waals surface area contributed by atoms with Crippen LogP contribution in [0.5, 0.6) is 0 Å². The number of H-pyrrole nitrogens is 1. The van der Waals surface area contributed by atoms with Crippen LogP contribution in [0.2, 0.25) is 0 Å². The lowest BCUT2D eigenvalue weighted by Gasteiger charge is -2.24. The maximum atomic E-state index is 13.2. The van der Waals surface area contributed by atoms with Gasteiger partial charge in [0.1, 0.15) is 5.82 Å². The van der Waals surface area contributed by atoms with Crippen LogP contribution in [0.4, 0.5) is 36.3 Å². The molecule has 0 aliphatic carbocycles. The van der Waals surface area contributed by atoms with Gasteiger partial charge in [-0.05, 0) is 36.4 Å². The van der Waals surface area contributed by atoms with Gasteiger partial charge in [-0.15, -0.1) is 0 Å². The lowest BCUT2D eigenvalue weighted by atomic mass is 9.92. The summed E-state index contributed by atoms with van der Waals surface area (Å²) in [6, 6.07) is 7.80. The molecule has 0 saturated heterocycles. The first-order valence-corrected chi connectivity index (χ1v) is 11.4. The van der Waals surface area contributed by atoms with Crippen LogP contribution in [0.1, 0.15) is 44.2 Å². The summed E-state index contributed by atoms with van der Waals surface area (Å²) in [5.41, 5.74) is -2.19. The van der Waals surface area contributed by atoms with E-state index < -0.39 is 53.4 Å². The number of rotatable bonds is 6. The number of nitrogens with zero attached hydrogens (tertiary/aromatic N) is 1. The van der Waals surface area contributed by atoms with Crippen molar-refractivity contribution in [3.05, 3.63) is 75.1 Å². The second-order valence-electron chi connectivity index (χ2n) is 8.46. The molecule has 1 atom stereocenters. The van der Waals surface area contributed by atoms with E-state index in [-0.39, 0.29) is 39.8 Å². The summed E-state index contributed by atoms with van der Waals surface area (Å²) in [4.78, 5) is 69.1. The fraction of sp³-hybridized carbons (Fsp3) is 0.200. The Bertz CT molecular complexity index is 1550. The number of hydrogen-bond acceptors (Lipinski definition) is 9. The first-order valence-electron chi connectivity index (χ1n) is 11.4. The molecule has 2 amide bonds. The maximum Gasteiger partial charge on any atom is 0.416 e. The van der Waals surface area contributed by atoms with E-state index in [1.807, 2.05) is 0 Å². The largest absolute Gasteiger partial charge is 0.465 e. The standard InChI is InChI=1S/C25H20F3N5O7/c1-39-22(37)11-6-12(23(38)40-2)8-15(7-11)29-20(35)16-10-17(34)31-19-18(16)21(36)33-24(32-19)30-14-5-3-4-13(9-14)25(26,27)28/h3-9,16H,10H2,1-2H3,(H,29,35)(H3,30,31,32,33,34,36). The monoisotopic (exact) mass is 559 g/mol. The van der Waals surface area contributed by atoms with Crippen molar-refractivity contribution in [2.24, 2.45) is 0 Å². The summed E-state index contributed by atoms with van der Waals surface area (Å²) < 4.78 is 48.4. The number of esters is 2. The van der Waals surface area contributed by atoms with Crippen molar-refractivity contribution < 1.29 is 41.8 Å². The van der Waals surface area contributed by atoms with Crippen molar-refractivity contribution in [2.75, 3.05) is 30.2 Å². The van der Waals surface area contributed by atoms with Gasteiger partial charge in [-0.2, -0.15) is 18.2 Å². The van der Waals surface area contributed by atoms with Crippen molar-refractivity contribution in [1.82, 2.24) is 9.97 Å². The fourth-order valence-corrected chi connectivity index (χ4v) is 3.97. The number of aromatic nitrogens is 2. The molecule has 1 aliphatic rings. The summed E-state index contributed by atoms with van der Waals surface area (Å²) in [7, 11) is 2.25. The molecular weight excluding hydrogens is 539 g/mol. The third-order valence-corrected chi connectivity index (χ3v) is 5.76. The lowest BCUT2D eigenvalue weighted by Crippen LogP contribution is -2.36. The van der Waals surface area contributed by atoms with Gasteiger partial charge in [0.15, 0.2) is 0 Å². The first kappa shape index (κ1) is 27.8. The van der Waals surface area contributed by atoms with Gasteiger partial charge >= 0.3 is 18.1 Å². The van der Waals surface area contributed by atoms with Gasteiger partial charge in [0.05, 0.1) is 42.4 Å². The van der Waals surface area contributed by atoms with E-state index in [0.717, 1.165) is 32.4 Å². The molecule has 15 heteroatoms. The average molecular weight is 559 g/mol. The number of carbonyl (C=O) groups excluding carboxylic acids is 4. The van der Waals surface area contributed by atoms with Crippen LogP contribution >= 0.6 is 0 Å². The van der Waals surface area contributed by atoms with Gasteiger partial charge in [-0.3, -0.25) is 19.4 Å². The molecule has 0 spiro atoms. The Morgan fingerprint density at radius 3 is 2.23 bits per heavy atom. The van der Waals surface area contributed by atoms with E-state index >= 15 is 0 Å². The summed E-state index contributed by atoms with van der Waals surface area (Å²) in [6.45, 7) is 0. The Kier molecular flexibility index (Phi) is 7.56. The Morgan fingerprint density at radius 2 is 1.62 bits per heavy atom. The maximum absolute atomic E-state index is 13.2. The molecule has 2 heterocycles. The van der Waals surface area contributed by atoms with Crippen molar-refractivity contribution >= 4 is 46.9 Å². The number of ether oxygens (including phenoxy) is 2. The molecule has 4 N–H and O–H groups in total. The number of halogens is 3. The minimum Gasteiger partial charge on any atom is -0.465 e. The SMILES string of the molecule is COC(=O)c1cc(NC(=O)C2CC(=O)Nc3nc(Nc4cccc(C(F)(F)F)c4)[nH]c(=O)c32)cc(C(=O)OC)c1. The second-order valence-corrected chi connectivity index (χ2v) is 8.46. The highest BCUT2D eigenvalue weighted by atomic mass is 19.4. The van der Waals surface area contributed by atoms with Crippen molar-refractivity contribution in [1.29, 1.82) is 0 Å². The molecule has 208 valence electrons. The van der Waals surface area contributed by atoms with E-state index in [1.165, 1.54) is 24.3 Å². The van der Waals surface area contributed by atoms with Crippen LogP contribution < -0.4 is 21.5 Å². The zero-order valence-electron chi connectivity index (χ0n) is 20.8. The minimum absolute atomic E-state index is 0.0203. The number of aromatic amines is 1. The van der Waals surface area contributed by atoms with Gasteiger partial charge in [-0.1, -0.05) is 6.07 Å². The molecule has 0 bridgehead atoms. The van der Waals surface area contributed by atoms with Crippen LogP contribution in [-0.4, -0.2) is 47.9 Å². The molecule has 1 aliphatic heterocycles. The Morgan fingerprint density at radius 1 is 0.975 bits per heavy atom. The van der Waals surface area contributed by atoms with Gasteiger partial charge in [0, 0.05) is 17.8 Å². The average Bonchev–Trinajstić information content (AvgIpc) is 2.90. The third-order valence-electron chi connectivity index (χ3n) is 5.76. The molecule has 1 unspecified atom stereocenters. The molecule has 4 rings (SSSR count). The van der Waals surface area contributed by atoms with E-state index in [4.69, 9.17) is 0 Å². The molecule has 0 radical (unpaired) electrons. The summed E-state index contributed by atoms with van der Waals surface area (Å²) >= 11 is 0. The van der Waals surface area contributed by atoms with E-state index in [2.05, 4.69) is 35.4 Å². The van der Waals surface area contributed by atoms with Crippen molar-refractivity contribution in [3.63, 3.8) is 0 Å². The number of alkyl halides is 3. The van der Waals surface area contributed by atoms with Gasteiger partial charge in [-0.25, -0.2) is 9.59 Å². The molecule has 1 aromatic heterocycles. The van der Waals surface area contributed by atoms with E-state index in [9.17, 15) is 37.1 Å². The number of carbonyl (C=O) groups is 4. The number of benzene rings is 2. The quantitative estimate of drug-likeness (QED) is 0.332. The van der Waals surface area contributed by atoms with Gasteiger partial charge in [0.25, 0.3) is 5.56 Å². The number of fused-ring (bicyclic) bond motifs is 1. The number of nitrogens with one attached hydrogen (secondary N) is 4. The number of hydrogen-bond donors (Lipinski definition) is 4. The first-order chi connectivity index (χ1) is 18.9. The van der Waals surface area contributed by atoms with E-state index in [0.29, 0.717) is 0 Å². The zero-order valence-corrected chi connectivity index (χ0v) is 20.8. The highest BCUT2D eigenvalue weighted by molar-refractivity contribution is 6.05. The molecular formula is C25H20F3N5O7.